The van der Waals surface area contributed by atoms with E-state index in [1.165, 1.54) is 10.5 Å². The third-order valence-corrected chi connectivity index (χ3v) is 2.85. The molecular weight excluding hydrogens is 244 g/mol. The predicted octanol–water partition coefficient (Wildman–Crippen LogP) is 1.03. The molecule has 0 atom stereocenters. The highest BCUT2D eigenvalue weighted by Gasteiger charge is 2.19. The van der Waals surface area contributed by atoms with Gasteiger partial charge in [-0.3, -0.25) is 9.59 Å². The summed E-state index contributed by atoms with van der Waals surface area (Å²) in [5, 5.41) is 11.4. The summed E-state index contributed by atoms with van der Waals surface area (Å²) in [6.45, 7) is 4.21. The number of amides is 2. The number of aliphatic hydroxyl groups is 1. The normalized spacial score (nSPS) is 10.1. The van der Waals surface area contributed by atoms with E-state index < -0.39 is 11.8 Å². The van der Waals surface area contributed by atoms with Crippen molar-refractivity contribution in [2.75, 3.05) is 25.0 Å². The van der Waals surface area contributed by atoms with Crippen molar-refractivity contribution in [3.63, 3.8) is 0 Å². The van der Waals surface area contributed by atoms with Crippen molar-refractivity contribution in [2.24, 2.45) is 0 Å². The molecule has 0 unspecified atom stereocenters. The summed E-state index contributed by atoms with van der Waals surface area (Å²) in [5.74, 6) is -1.31. The van der Waals surface area contributed by atoms with Crippen LogP contribution in [0.4, 0.5) is 5.69 Å². The molecule has 0 fully saturated rings. The number of hydrogen-bond acceptors (Lipinski definition) is 3. The molecule has 0 aliphatic rings. The summed E-state index contributed by atoms with van der Waals surface area (Å²) >= 11 is 0. The fourth-order valence-corrected chi connectivity index (χ4v) is 1.68. The number of hydrogen-bond donors (Lipinski definition) is 2. The second kappa shape index (κ2) is 7.53. The summed E-state index contributed by atoms with van der Waals surface area (Å²) in [5.41, 5.74) is 1.76. The highest BCUT2D eigenvalue weighted by molar-refractivity contribution is 6.39. The summed E-state index contributed by atoms with van der Waals surface area (Å²) < 4.78 is 0. The Labute approximate surface area is 113 Å². The number of likely N-dealkylation sites (N-methyl/N-ethyl adjacent to an activating group) is 1. The lowest BCUT2D eigenvalue weighted by Crippen LogP contribution is -2.41. The molecule has 0 aliphatic heterocycles. The van der Waals surface area contributed by atoms with E-state index in [0.29, 0.717) is 12.2 Å². The topological polar surface area (TPSA) is 69.6 Å². The van der Waals surface area contributed by atoms with E-state index in [2.05, 4.69) is 5.32 Å². The highest BCUT2D eigenvalue weighted by Crippen LogP contribution is 2.10. The van der Waals surface area contributed by atoms with Gasteiger partial charge in [0, 0.05) is 18.8 Å². The number of rotatable bonds is 5. The van der Waals surface area contributed by atoms with Crippen LogP contribution < -0.4 is 5.32 Å². The van der Waals surface area contributed by atoms with E-state index in [4.69, 9.17) is 5.11 Å². The van der Waals surface area contributed by atoms with Crippen LogP contribution in [-0.4, -0.2) is 41.5 Å². The van der Waals surface area contributed by atoms with Crippen LogP contribution in [0.3, 0.4) is 0 Å². The maximum absolute atomic E-state index is 11.8. The Morgan fingerprint density at radius 2 is 1.84 bits per heavy atom. The van der Waals surface area contributed by atoms with Gasteiger partial charge in [0.25, 0.3) is 0 Å². The first-order valence-electron chi connectivity index (χ1n) is 6.42. The Morgan fingerprint density at radius 3 is 2.32 bits per heavy atom. The van der Waals surface area contributed by atoms with E-state index in [1.807, 2.05) is 19.1 Å². The molecule has 0 bridgehead atoms. The summed E-state index contributed by atoms with van der Waals surface area (Å²) in [6.07, 6.45) is 0.924. The minimum atomic E-state index is -0.681. The molecular formula is C14H20N2O3. The van der Waals surface area contributed by atoms with Gasteiger partial charge in [-0.1, -0.05) is 19.1 Å². The molecule has 1 aromatic rings. The second-order valence-electron chi connectivity index (χ2n) is 4.11. The minimum absolute atomic E-state index is 0.155. The fourth-order valence-electron chi connectivity index (χ4n) is 1.68. The minimum Gasteiger partial charge on any atom is -0.395 e. The van der Waals surface area contributed by atoms with Crippen LogP contribution in [0.2, 0.25) is 0 Å². The fraction of sp³-hybridized carbons (Fsp3) is 0.429. The number of nitrogens with zero attached hydrogens (tertiary/aromatic N) is 1. The van der Waals surface area contributed by atoms with Crippen LogP contribution in [0.1, 0.15) is 19.4 Å². The van der Waals surface area contributed by atoms with Crippen molar-refractivity contribution in [3.8, 4) is 0 Å². The SMILES string of the molecule is CCc1ccc(NC(=O)C(=O)N(CC)CCO)cc1. The van der Waals surface area contributed by atoms with Crippen LogP contribution in [0.15, 0.2) is 24.3 Å². The van der Waals surface area contributed by atoms with Crippen LogP contribution >= 0.6 is 0 Å². The second-order valence-corrected chi connectivity index (χ2v) is 4.11. The Bertz CT molecular complexity index is 429. The first-order chi connectivity index (χ1) is 9.12. The lowest BCUT2D eigenvalue weighted by molar-refractivity contribution is -0.143. The average molecular weight is 264 g/mol. The Morgan fingerprint density at radius 1 is 1.21 bits per heavy atom. The Hall–Kier alpha value is -1.88. The van der Waals surface area contributed by atoms with Gasteiger partial charge in [0.15, 0.2) is 0 Å². The molecule has 5 heteroatoms. The van der Waals surface area contributed by atoms with E-state index >= 15 is 0 Å². The number of carbonyl (C=O) groups is 2. The molecule has 0 heterocycles. The zero-order valence-corrected chi connectivity index (χ0v) is 11.3. The quantitative estimate of drug-likeness (QED) is 0.780. The van der Waals surface area contributed by atoms with Crippen molar-refractivity contribution in [3.05, 3.63) is 29.8 Å². The number of aryl methyl sites for hydroxylation is 1. The molecule has 5 nitrogen and oxygen atoms in total. The van der Waals surface area contributed by atoms with Crippen molar-refractivity contribution >= 4 is 17.5 Å². The zero-order valence-electron chi connectivity index (χ0n) is 11.3. The van der Waals surface area contributed by atoms with Gasteiger partial charge in [-0.25, -0.2) is 0 Å². The number of nitrogens with one attached hydrogen (secondary N) is 1. The van der Waals surface area contributed by atoms with Crippen LogP contribution in [0.25, 0.3) is 0 Å². The van der Waals surface area contributed by atoms with Gasteiger partial charge < -0.3 is 15.3 Å². The molecule has 0 aliphatic carbocycles. The molecule has 1 aromatic carbocycles. The van der Waals surface area contributed by atoms with Gasteiger partial charge >= 0.3 is 11.8 Å². The van der Waals surface area contributed by atoms with Crippen LogP contribution in [0, 0.1) is 0 Å². The van der Waals surface area contributed by atoms with E-state index in [9.17, 15) is 9.59 Å². The van der Waals surface area contributed by atoms with E-state index in [-0.39, 0.29) is 13.2 Å². The van der Waals surface area contributed by atoms with Crippen molar-refractivity contribution in [2.45, 2.75) is 20.3 Å². The summed E-state index contributed by atoms with van der Waals surface area (Å²) in [6, 6.07) is 7.36. The van der Waals surface area contributed by atoms with Gasteiger partial charge in [0.05, 0.1) is 6.61 Å². The first kappa shape index (κ1) is 15.2. The maximum atomic E-state index is 11.8. The molecule has 0 spiro atoms. The number of carbonyl (C=O) groups excluding carboxylic acids is 2. The number of benzene rings is 1. The molecule has 0 saturated carbocycles. The molecule has 0 aromatic heterocycles. The summed E-state index contributed by atoms with van der Waals surface area (Å²) in [7, 11) is 0. The number of aliphatic hydroxyl groups excluding tert-OH is 1. The molecule has 0 radical (unpaired) electrons. The highest BCUT2D eigenvalue weighted by atomic mass is 16.3. The van der Waals surface area contributed by atoms with Crippen molar-refractivity contribution in [1.29, 1.82) is 0 Å². The lowest BCUT2D eigenvalue weighted by Gasteiger charge is -2.18. The Kier molecular flexibility index (Phi) is 6.02. The zero-order chi connectivity index (χ0) is 14.3. The van der Waals surface area contributed by atoms with E-state index in [1.54, 1.807) is 19.1 Å². The van der Waals surface area contributed by atoms with Gasteiger partial charge in [-0.05, 0) is 31.0 Å². The molecule has 2 amide bonds. The predicted molar refractivity (Wildman–Crippen MR) is 73.8 cm³/mol. The standard InChI is InChI=1S/C14H20N2O3/c1-3-11-5-7-12(8-6-11)15-13(18)14(19)16(4-2)9-10-17/h5-8,17H,3-4,9-10H2,1-2H3,(H,15,18). The van der Waals surface area contributed by atoms with Gasteiger partial charge in [-0.2, -0.15) is 0 Å². The van der Waals surface area contributed by atoms with Gasteiger partial charge in [-0.15, -0.1) is 0 Å². The maximum Gasteiger partial charge on any atom is 0.313 e. The van der Waals surface area contributed by atoms with Gasteiger partial charge in [0.2, 0.25) is 0 Å². The lowest BCUT2D eigenvalue weighted by atomic mass is 10.1. The monoisotopic (exact) mass is 264 g/mol. The first-order valence-corrected chi connectivity index (χ1v) is 6.42. The van der Waals surface area contributed by atoms with Crippen molar-refractivity contribution in [1.82, 2.24) is 4.90 Å². The van der Waals surface area contributed by atoms with Crippen LogP contribution in [0.5, 0.6) is 0 Å². The largest absolute Gasteiger partial charge is 0.395 e. The average Bonchev–Trinajstić information content (AvgIpc) is 2.44. The summed E-state index contributed by atoms with van der Waals surface area (Å²) in [4.78, 5) is 24.9. The third-order valence-electron chi connectivity index (χ3n) is 2.85. The molecule has 0 saturated heterocycles. The third kappa shape index (κ3) is 4.37. The molecule has 104 valence electrons. The van der Waals surface area contributed by atoms with Crippen LogP contribution in [-0.2, 0) is 16.0 Å². The van der Waals surface area contributed by atoms with E-state index in [0.717, 1.165) is 6.42 Å². The van der Waals surface area contributed by atoms with Gasteiger partial charge in [0.1, 0.15) is 0 Å². The molecule has 1 rings (SSSR count). The number of anilines is 1. The smallest absolute Gasteiger partial charge is 0.313 e. The molecule has 2 N–H and O–H groups in total. The Balaban J connectivity index is 2.64. The molecule has 19 heavy (non-hydrogen) atoms. The van der Waals surface area contributed by atoms with Crippen molar-refractivity contribution < 1.29 is 14.7 Å².